The molecule has 0 amide bonds. The second-order valence-electron chi connectivity index (χ2n) is 4.08. The first kappa shape index (κ1) is 14.2. The molecule has 2 N–H and O–H groups in total. The Labute approximate surface area is 103 Å². The molecule has 0 aliphatic carbocycles. The van der Waals surface area contributed by atoms with Crippen molar-refractivity contribution in [2.45, 2.75) is 44.4 Å². The van der Waals surface area contributed by atoms with Gasteiger partial charge in [0.1, 0.15) is 5.76 Å². The maximum atomic E-state index is 12.2. The number of hydrogen-bond donors (Lipinski definition) is 1. The van der Waals surface area contributed by atoms with Gasteiger partial charge in [-0.25, -0.2) is 8.42 Å². The fourth-order valence-corrected chi connectivity index (χ4v) is 2.90. The smallest absolute Gasteiger partial charge is 0.276 e. The molecule has 1 atom stereocenters. The summed E-state index contributed by atoms with van der Waals surface area (Å²) in [6.07, 6.45) is 1.76. The van der Waals surface area contributed by atoms with Crippen molar-refractivity contribution in [1.29, 1.82) is 0 Å². The highest BCUT2D eigenvalue weighted by atomic mass is 32.2. The number of rotatable bonds is 6. The normalized spacial score (nSPS) is 14.2. The van der Waals surface area contributed by atoms with Crippen molar-refractivity contribution in [3.8, 4) is 0 Å². The maximum absolute atomic E-state index is 12.2. The van der Waals surface area contributed by atoms with Crippen molar-refractivity contribution in [3.63, 3.8) is 0 Å². The monoisotopic (exact) mass is 260 g/mol. The van der Waals surface area contributed by atoms with Gasteiger partial charge >= 0.3 is 0 Å². The molecule has 0 spiro atoms. The van der Waals surface area contributed by atoms with Gasteiger partial charge in [0.15, 0.2) is 0 Å². The summed E-state index contributed by atoms with van der Waals surface area (Å²) in [6.45, 7) is 4.11. The summed E-state index contributed by atoms with van der Waals surface area (Å²) in [5.41, 5.74) is 5.39. The van der Waals surface area contributed by atoms with Crippen molar-refractivity contribution in [2.24, 2.45) is 5.73 Å². The Morgan fingerprint density at radius 1 is 1.47 bits per heavy atom. The summed E-state index contributed by atoms with van der Waals surface area (Å²) in [7, 11) is -1.97. The standard InChI is InChI=1S/C11H20N2O3S/c1-4-5-9(2)13(3)17(14,15)11-7-6-10(8-12)16-11/h6-7,9H,4-5,8,12H2,1-3H3. The molecule has 1 aromatic rings. The van der Waals surface area contributed by atoms with Gasteiger partial charge in [-0.3, -0.25) is 0 Å². The van der Waals surface area contributed by atoms with Crippen LogP contribution in [0.2, 0.25) is 0 Å². The first-order valence-corrected chi connectivity index (χ1v) is 7.14. The SMILES string of the molecule is CCCC(C)N(C)S(=O)(=O)c1ccc(CN)o1. The van der Waals surface area contributed by atoms with E-state index in [0.29, 0.717) is 5.76 Å². The molecule has 1 rings (SSSR count). The second kappa shape index (κ2) is 5.66. The largest absolute Gasteiger partial charge is 0.447 e. The van der Waals surface area contributed by atoms with E-state index in [1.165, 1.54) is 10.4 Å². The predicted octanol–water partition coefficient (Wildman–Crippen LogP) is 1.55. The van der Waals surface area contributed by atoms with Crippen molar-refractivity contribution < 1.29 is 12.8 Å². The van der Waals surface area contributed by atoms with Crippen molar-refractivity contribution in [1.82, 2.24) is 4.31 Å². The Hall–Kier alpha value is -0.850. The number of nitrogens with two attached hydrogens (primary N) is 1. The van der Waals surface area contributed by atoms with E-state index >= 15 is 0 Å². The van der Waals surface area contributed by atoms with E-state index in [9.17, 15) is 8.42 Å². The highest BCUT2D eigenvalue weighted by molar-refractivity contribution is 7.89. The Morgan fingerprint density at radius 2 is 2.12 bits per heavy atom. The van der Waals surface area contributed by atoms with Crippen LogP contribution in [-0.2, 0) is 16.6 Å². The highest BCUT2D eigenvalue weighted by Gasteiger charge is 2.27. The second-order valence-corrected chi connectivity index (χ2v) is 6.01. The molecular formula is C11H20N2O3S. The van der Waals surface area contributed by atoms with Crippen LogP contribution in [0.15, 0.2) is 21.6 Å². The zero-order valence-corrected chi connectivity index (χ0v) is 11.3. The Bertz CT molecular complexity index is 453. The van der Waals surface area contributed by atoms with Gasteiger partial charge in [-0.15, -0.1) is 0 Å². The van der Waals surface area contributed by atoms with Crippen LogP contribution in [0.3, 0.4) is 0 Å². The molecule has 0 bridgehead atoms. The van der Waals surface area contributed by atoms with E-state index in [1.807, 2.05) is 13.8 Å². The molecule has 0 saturated heterocycles. The summed E-state index contributed by atoms with van der Waals surface area (Å²) >= 11 is 0. The minimum absolute atomic E-state index is 0.0385. The van der Waals surface area contributed by atoms with Crippen LogP contribution in [0.1, 0.15) is 32.4 Å². The highest BCUT2D eigenvalue weighted by Crippen LogP contribution is 2.20. The summed E-state index contributed by atoms with van der Waals surface area (Å²) < 4.78 is 30.9. The molecule has 98 valence electrons. The molecule has 1 heterocycles. The number of nitrogens with zero attached hydrogens (tertiary/aromatic N) is 1. The summed E-state index contributed by atoms with van der Waals surface area (Å²) in [5, 5.41) is -0.0385. The van der Waals surface area contributed by atoms with Crippen molar-refractivity contribution >= 4 is 10.0 Å². The van der Waals surface area contributed by atoms with Crippen LogP contribution in [-0.4, -0.2) is 25.8 Å². The lowest BCUT2D eigenvalue weighted by Gasteiger charge is -2.22. The summed E-state index contributed by atoms with van der Waals surface area (Å²) in [4.78, 5) is 0. The third-order valence-electron chi connectivity index (χ3n) is 2.80. The zero-order valence-electron chi connectivity index (χ0n) is 10.5. The molecule has 1 unspecified atom stereocenters. The minimum atomic E-state index is -3.54. The molecule has 0 saturated carbocycles. The molecule has 5 nitrogen and oxygen atoms in total. The molecule has 6 heteroatoms. The first-order valence-electron chi connectivity index (χ1n) is 5.70. The molecule has 0 aliphatic rings. The molecular weight excluding hydrogens is 240 g/mol. The van der Waals surface area contributed by atoms with Gasteiger partial charge in [-0.1, -0.05) is 13.3 Å². The fourth-order valence-electron chi connectivity index (χ4n) is 1.58. The topological polar surface area (TPSA) is 76.5 Å². The average molecular weight is 260 g/mol. The van der Waals surface area contributed by atoms with Crippen LogP contribution >= 0.6 is 0 Å². The fraction of sp³-hybridized carbons (Fsp3) is 0.636. The summed E-state index contributed by atoms with van der Waals surface area (Å²) in [5.74, 6) is 0.472. The van der Waals surface area contributed by atoms with Crippen LogP contribution < -0.4 is 5.73 Å². The van der Waals surface area contributed by atoms with E-state index in [4.69, 9.17) is 10.2 Å². The lowest BCUT2D eigenvalue weighted by atomic mass is 10.2. The lowest BCUT2D eigenvalue weighted by molar-refractivity contribution is 0.344. The summed E-state index contributed by atoms with van der Waals surface area (Å²) in [6, 6.07) is 2.99. The molecule has 1 aromatic heterocycles. The van der Waals surface area contributed by atoms with Crippen molar-refractivity contribution in [2.75, 3.05) is 7.05 Å². The van der Waals surface area contributed by atoms with Gasteiger partial charge in [0, 0.05) is 13.1 Å². The molecule has 0 aromatic carbocycles. The van der Waals surface area contributed by atoms with E-state index in [1.54, 1.807) is 13.1 Å². The van der Waals surface area contributed by atoms with Gasteiger partial charge < -0.3 is 10.2 Å². The number of sulfonamides is 1. The van der Waals surface area contributed by atoms with Crippen LogP contribution in [0, 0.1) is 0 Å². The first-order chi connectivity index (χ1) is 7.93. The quantitative estimate of drug-likeness (QED) is 0.842. The third-order valence-corrected chi connectivity index (χ3v) is 4.64. The molecule has 0 radical (unpaired) electrons. The number of hydrogen-bond acceptors (Lipinski definition) is 4. The van der Waals surface area contributed by atoms with E-state index in [-0.39, 0.29) is 17.7 Å². The Balaban J connectivity index is 2.94. The van der Waals surface area contributed by atoms with Crippen LogP contribution in [0.25, 0.3) is 0 Å². The van der Waals surface area contributed by atoms with E-state index in [0.717, 1.165) is 12.8 Å². The molecule has 17 heavy (non-hydrogen) atoms. The average Bonchev–Trinajstić information content (AvgIpc) is 2.77. The van der Waals surface area contributed by atoms with Crippen molar-refractivity contribution in [3.05, 3.63) is 17.9 Å². The lowest BCUT2D eigenvalue weighted by Crippen LogP contribution is -2.34. The molecule has 0 fully saturated rings. The Kier molecular flexibility index (Phi) is 4.73. The van der Waals surface area contributed by atoms with Gasteiger partial charge in [0.2, 0.25) is 5.09 Å². The Morgan fingerprint density at radius 3 is 2.59 bits per heavy atom. The maximum Gasteiger partial charge on any atom is 0.276 e. The van der Waals surface area contributed by atoms with Gasteiger partial charge in [0.25, 0.3) is 10.0 Å². The van der Waals surface area contributed by atoms with Crippen LogP contribution in [0.4, 0.5) is 0 Å². The van der Waals surface area contributed by atoms with E-state index in [2.05, 4.69) is 0 Å². The predicted molar refractivity (Wildman–Crippen MR) is 65.9 cm³/mol. The minimum Gasteiger partial charge on any atom is -0.447 e. The van der Waals surface area contributed by atoms with Crippen LogP contribution in [0.5, 0.6) is 0 Å². The van der Waals surface area contributed by atoms with E-state index < -0.39 is 10.0 Å². The third kappa shape index (κ3) is 3.08. The van der Waals surface area contributed by atoms with Gasteiger partial charge in [0.05, 0.1) is 6.54 Å². The number of furan rings is 1. The zero-order chi connectivity index (χ0) is 13.1. The molecule has 0 aliphatic heterocycles. The van der Waals surface area contributed by atoms with Gasteiger partial charge in [-0.2, -0.15) is 4.31 Å². The van der Waals surface area contributed by atoms with Gasteiger partial charge in [-0.05, 0) is 25.5 Å².